The van der Waals surface area contributed by atoms with Crippen LogP contribution in [-0.2, 0) is 21.2 Å². The lowest BCUT2D eigenvalue weighted by molar-refractivity contribution is -0.117. The summed E-state index contributed by atoms with van der Waals surface area (Å²) >= 11 is 3.56. The van der Waals surface area contributed by atoms with Gasteiger partial charge in [0.15, 0.2) is 0 Å². The number of halogens is 1. The minimum absolute atomic E-state index is 0.0218. The average molecular weight is 667 g/mol. The fourth-order valence-electron chi connectivity index (χ4n) is 6.19. The van der Waals surface area contributed by atoms with Gasteiger partial charge in [-0.3, -0.25) is 0 Å². The van der Waals surface area contributed by atoms with E-state index in [9.17, 15) is 23.4 Å². The maximum Gasteiger partial charge on any atom is 0.253 e. The maximum absolute atomic E-state index is 10.9. The number of nitrogens with two attached hydrogens (primary N) is 1. The number of ketones is 1. The largest absolute Gasteiger partial charge is 0.508 e. The van der Waals surface area contributed by atoms with Crippen molar-refractivity contribution in [2.45, 2.75) is 85.0 Å². The van der Waals surface area contributed by atoms with Crippen molar-refractivity contribution in [2.75, 3.05) is 19.3 Å². The van der Waals surface area contributed by atoms with Crippen LogP contribution in [0.3, 0.4) is 0 Å². The van der Waals surface area contributed by atoms with Crippen molar-refractivity contribution in [3.05, 3.63) is 57.6 Å². The Morgan fingerprint density at radius 2 is 1.88 bits per heavy atom. The molecule has 2 atom stereocenters. The number of hydrogen-bond acceptors (Lipinski definition) is 5. The van der Waals surface area contributed by atoms with Gasteiger partial charge in [0, 0.05) is 41.5 Å². The van der Waals surface area contributed by atoms with Crippen LogP contribution in [0, 0.1) is 11.8 Å². The summed E-state index contributed by atoms with van der Waals surface area (Å²) in [6, 6.07) is 3.33. The Morgan fingerprint density at radius 1 is 1.24 bits per heavy atom. The lowest BCUT2D eigenvalue weighted by atomic mass is 9.74. The van der Waals surface area contributed by atoms with Gasteiger partial charge in [-0.2, -0.15) is 0 Å². The lowest BCUT2D eigenvalue weighted by Crippen LogP contribution is -2.36. The minimum atomic E-state index is -3.45. The van der Waals surface area contributed by atoms with Crippen LogP contribution in [0.15, 0.2) is 50.9 Å². The standard InChI is InChI=1S/C23H31BrO2.C9H17N3O3S/c1-5-8-16(9-6-2)22-15(4)17(12-19(24)7-3)10-11-18-13-20(25)14-21(26)23(18)22;1-7(13)5-8-3-4-12(6-8)9(10)11-16(2,14)15/h7,12-14,16,22,25-26H,3,5-6,8-11H2,1-2,4H3;8H,3-6H2,1-2H3,(H2,10,11)/b19-12+;. The van der Waals surface area contributed by atoms with Crippen LogP contribution in [0.1, 0.15) is 89.7 Å². The second-order valence-corrected chi connectivity index (χ2v) is 14.0. The van der Waals surface area contributed by atoms with Gasteiger partial charge in [-0.05, 0) is 81.1 Å². The third-order valence-electron chi connectivity index (χ3n) is 7.92. The number of guanidine groups is 1. The molecule has 1 aliphatic carbocycles. The Balaban J connectivity index is 0.000000330. The number of phenolic OH excluding ortho intramolecular Hbond substituents is 2. The van der Waals surface area contributed by atoms with E-state index in [0.29, 0.717) is 25.4 Å². The van der Waals surface area contributed by atoms with Crippen molar-refractivity contribution < 1.29 is 23.4 Å². The smallest absolute Gasteiger partial charge is 0.253 e. The molecule has 3 rings (SSSR count). The number of carbonyl (C=O) groups is 1. The molecule has 1 aromatic carbocycles. The van der Waals surface area contributed by atoms with Gasteiger partial charge in [-0.15, -0.1) is 4.40 Å². The number of aryl methyl sites for hydroxylation is 1. The monoisotopic (exact) mass is 665 g/mol. The highest BCUT2D eigenvalue weighted by molar-refractivity contribution is 9.11. The lowest BCUT2D eigenvalue weighted by Gasteiger charge is -2.30. The summed E-state index contributed by atoms with van der Waals surface area (Å²) < 4.78 is 26.2. The van der Waals surface area contributed by atoms with Crippen molar-refractivity contribution in [2.24, 2.45) is 22.0 Å². The fourth-order valence-corrected chi connectivity index (χ4v) is 6.92. The van der Waals surface area contributed by atoms with Crippen LogP contribution in [-0.4, -0.2) is 54.6 Å². The van der Waals surface area contributed by atoms with Crippen molar-refractivity contribution >= 4 is 37.7 Å². The quantitative estimate of drug-likeness (QED) is 0.144. The van der Waals surface area contributed by atoms with Crippen LogP contribution >= 0.6 is 15.9 Å². The van der Waals surface area contributed by atoms with E-state index in [-0.39, 0.29) is 35.1 Å². The number of likely N-dealkylation sites (tertiary alicyclic amines) is 1. The molecule has 0 saturated carbocycles. The Kier molecular flexibility index (Phi) is 13.8. The molecule has 1 fully saturated rings. The molecule has 0 amide bonds. The molecule has 1 saturated heterocycles. The molecule has 8 nitrogen and oxygen atoms in total. The number of benzene rings is 1. The fraction of sp³-hybridized carbons (Fsp3) is 0.562. The molecule has 1 aromatic rings. The van der Waals surface area contributed by atoms with E-state index < -0.39 is 10.0 Å². The molecule has 0 spiro atoms. The van der Waals surface area contributed by atoms with Gasteiger partial charge in [-0.1, -0.05) is 60.8 Å². The van der Waals surface area contributed by atoms with Gasteiger partial charge in [-0.25, -0.2) is 8.42 Å². The number of Topliss-reactive ketones (excluding diaryl/α,β-unsaturated/α-hetero) is 1. The number of carbonyl (C=O) groups excluding carboxylic acids is 1. The summed E-state index contributed by atoms with van der Waals surface area (Å²) in [5, 5.41) is 20.7. The van der Waals surface area contributed by atoms with Gasteiger partial charge < -0.3 is 25.6 Å². The summed E-state index contributed by atoms with van der Waals surface area (Å²) in [4.78, 5) is 12.6. The number of nitrogens with zero attached hydrogens (tertiary/aromatic N) is 2. The van der Waals surface area contributed by atoms with Crippen molar-refractivity contribution in [3.8, 4) is 11.5 Å². The number of aromatic hydroxyl groups is 2. The van der Waals surface area contributed by atoms with Crippen LogP contribution < -0.4 is 5.73 Å². The van der Waals surface area contributed by atoms with Gasteiger partial charge in [0.2, 0.25) is 5.96 Å². The average Bonchev–Trinajstić information content (AvgIpc) is 3.30. The number of allylic oxidation sites excluding steroid dienone is 5. The first kappa shape index (κ1) is 35.6. The third kappa shape index (κ3) is 10.6. The highest BCUT2D eigenvalue weighted by Gasteiger charge is 2.32. The van der Waals surface area contributed by atoms with Crippen LogP contribution in [0.5, 0.6) is 11.5 Å². The third-order valence-corrected chi connectivity index (χ3v) is 8.99. The van der Waals surface area contributed by atoms with E-state index in [0.717, 1.165) is 66.8 Å². The Hall–Kier alpha value is -2.59. The van der Waals surface area contributed by atoms with E-state index in [4.69, 9.17) is 5.73 Å². The number of phenols is 2. The Labute approximate surface area is 260 Å². The highest BCUT2D eigenvalue weighted by atomic mass is 79.9. The summed E-state index contributed by atoms with van der Waals surface area (Å²) in [7, 11) is -3.45. The summed E-state index contributed by atoms with van der Waals surface area (Å²) in [5.41, 5.74) is 10.3. The van der Waals surface area contributed by atoms with E-state index in [1.807, 2.05) is 12.1 Å². The Bertz CT molecular complexity index is 1310. The second kappa shape index (κ2) is 16.3. The summed E-state index contributed by atoms with van der Waals surface area (Å²) in [6.45, 7) is 13.3. The first-order valence-corrected chi connectivity index (χ1v) is 17.4. The zero-order valence-electron chi connectivity index (χ0n) is 25.7. The molecule has 4 N–H and O–H groups in total. The zero-order valence-corrected chi connectivity index (χ0v) is 28.1. The molecular formula is C32H48BrN3O5S. The normalized spacial score (nSPS) is 19.7. The molecular weight excluding hydrogens is 618 g/mol. The number of rotatable bonds is 10. The molecule has 0 bridgehead atoms. The second-order valence-electron chi connectivity index (χ2n) is 11.5. The molecule has 2 aliphatic rings. The molecule has 2 unspecified atom stereocenters. The summed E-state index contributed by atoms with van der Waals surface area (Å²) in [5.74, 6) is 1.47. The maximum atomic E-state index is 10.9. The van der Waals surface area contributed by atoms with Crippen molar-refractivity contribution in [3.63, 3.8) is 0 Å². The molecule has 234 valence electrons. The van der Waals surface area contributed by atoms with E-state index >= 15 is 0 Å². The van der Waals surface area contributed by atoms with Crippen LogP contribution in [0.2, 0.25) is 0 Å². The van der Waals surface area contributed by atoms with E-state index in [2.05, 4.69) is 53.8 Å². The first-order chi connectivity index (χ1) is 19.7. The predicted octanol–water partition coefficient (Wildman–Crippen LogP) is 6.69. The van der Waals surface area contributed by atoms with Crippen molar-refractivity contribution in [1.82, 2.24) is 4.90 Å². The van der Waals surface area contributed by atoms with Gasteiger partial charge in [0.25, 0.3) is 10.0 Å². The number of sulfonamides is 1. The predicted molar refractivity (Wildman–Crippen MR) is 175 cm³/mol. The van der Waals surface area contributed by atoms with Crippen LogP contribution in [0.25, 0.3) is 0 Å². The summed E-state index contributed by atoms with van der Waals surface area (Å²) in [6.07, 6.45) is 12.6. The molecule has 10 heteroatoms. The molecule has 0 radical (unpaired) electrons. The number of hydrogen-bond donors (Lipinski definition) is 3. The molecule has 0 aromatic heterocycles. The van der Waals surface area contributed by atoms with Crippen molar-refractivity contribution in [1.29, 1.82) is 0 Å². The molecule has 42 heavy (non-hydrogen) atoms. The zero-order chi connectivity index (χ0) is 31.6. The van der Waals surface area contributed by atoms with E-state index in [1.165, 1.54) is 17.2 Å². The van der Waals surface area contributed by atoms with E-state index in [1.54, 1.807) is 11.8 Å². The molecule has 1 aliphatic heterocycles. The molecule has 1 heterocycles. The van der Waals surface area contributed by atoms with Crippen LogP contribution in [0.4, 0.5) is 0 Å². The topological polar surface area (TPSA) is 133 Å². The first-order valence-electron chi connectivity index (χ1n) is 14.7. The van der Waals surface area contributed by atoms with Gasteiger partial charge >= 0.3 is 0 Å². The van der Waals surface area contributed by atoms with Gasteiger partial charge in [0.1, 0.15) is 17.3 Å². The highest BCUT2D eigenvalue weighted by Crippen LogP contribution is 2.47. The Morgan fingerprint density at radius 3 is 2.43 bits per heavy atom. The van der Waals surface area contributed by atoms with Gasteiger partial charge in [0.05, 0.1) is 6.26 Å². The number of fused-ring (bicyclic) bond motifs is 1. The minimum Gasteiger partial charge on any atom is -0.508 e. The SMILES string of the molecule is C=C/C(Br)=C\C1=C(C)C(C(CCC)CCC)c2c(O)cc(O)cc2CC1.CC(=O)CC1CCN(/C(N)=N/S(C)(=O)=O)C1.